The van der Waals surface area contributed by atoms with Gasteiger partial charge in [-0.25, -0.2) is 0 Å². The molecule has 3 nitrogen and oxygen atoms in total. The normalized spacial score (nSPS) is 15.4. The first-order valence-corrected chi connectivity index (χ1v) is 8.01. The number of hydrogen-bond donors (Lipinski definition) is 0. The zero-order chi connectivity index (χ0) is 13.3. The minimum atomic E-state index is 0.747. The van der Waals surface area contributed by atoms with Crippen molar-refractivity contribution in [3.05, 3.63) is 11.3 Å². The average molecular weight is 314 g/mol. The van der Waals surface area contributed by atoms with E-state index in [1.54, 1.807) is 0 Å². The maximum absolute atomic E-state index is 4.59. The van der Waals surface area contributed by atoms with Crippen LogP contribution < -0.4 is 4.90 Å². The zero-order valence-electron chi connectivity index (χ0n) is 11.9. The van der Waals surface area contributed by atoms with Crippen LogP contribution in [-0.2, 0) is 12.4 Å². The monoisotopic (exact) mass is 313 g/mol. The van der Waals surface area contributed by atoms with Crippen LogP contribution >= 0.6 is 15.9 Å². The van der Waals surface area contributed by atoms with Crippen molar-refractivity contribution in [1.29, 1.82) is 0 Å². The molecule has 0 radical (unpaired) electrons. The summed E-state index contributed by atoms with van der Waals surface area (Å²) in [5.74, 6) is 2.08. The van der Waals surface area contributed by atoms with Crippen LogP contribution in [-0.4, -0.2) is 22.4 Å². The highest BCUT2D eigenvalue weighted by Gasteiger charge is 2.32. The smallest absolute Gasteiger partial charge is 0.131 e. The van der Waals surface area contributed by atoms with Crippen LogP contribution in [0.3, 0.4) is 0 Å². The molecule has 1 aromatic rings. The van der Waals surface area contributed by atoms with E-state index in [0.29, 0.717) is 0 Å². The summed E-state index contributed by atoms with van der Waals surface area (Å²) >= 11 is 3.61. The highest BCUT2D eigenvalue weighted by molar-refractivity contribution is 9.08. The third kappa shape index (κ3) is 2.90. The van der Waals surface area contributed by atoms with E-state index >= 15 is 0 Å². The molecule has 1 aliphatic rings. The molecule has 0 atom stereocenters. The Morgan fingerprint density at radius 3 is 2.61 bits per heavy atom. The molecule has 1 saturated carbocycles. The van der Waals surface area contributed by atoms with E-state index in [0.717, 1.165) is 29.5 Å². The summed E-state index contributed by atoms with van der Waals surface area (Å²) in [5, 5.41) is 5.48. The Morgan fingerprint density at radius 1 is 1.44 bits per heavy atom. The van der Waals surface area contributed by atoms with Gasteiger partial charge in [-0.2, -0.15) is 5.10 Å². The van der Waals surface area contributed by atoms with E-state index in [9.17, 15) is 0 Å². The van der Waals surface area contributed by atoms with Gasteiger partial charge < -0.3 is 4.90 Å². The van der Waals surface area contributed by atoms with Gasteiger partial charge in [-0.15, -0.1) is 0 Å². The van der Waals surface area contributed by atoms with Gasteiger partial charge in [0.25, 0.3) is 0 Å². The zero-order valence-corrected chi connectivity index (χ0v) is 13.5. The average Bonchev–Trinajstić information content (AvgIpc) is 3.07. The SMILES string of the molecule is Cc1nn(C)c(N(CCC(C)C)C2CC2)c1CBr. The van der Waals surface area contributed by atoms with Crippen molar-refractivity contribution >= 4 is 21.7 Å². The lowest BCUT2D eigenvalue weighted by Crippen LogP contribution is -2.30. The molecule has 1 aliphatic carbocycles. The number of aromatic nitrogens is 2. The van der Waals surface area contributed by atoms with Crippen LogP contribution in [0.25, 0.3) is 0 Å². The molecule has 102 valence electrons. The lowest BCUT2D eigenvalue weighted by atomic mass is 10.1. The van der Waals surface area contributed by atoms with E-state index < -0.39 is 0 Å². The molecular formula is C14H24BrN3. The van der Waals surface area contributed by atoms with Crippen LogP contribution in [0, 0.1) is 12.8 Å². The predicted octanol–water partition coefficient (Wildman–Crippen LogP) is 3.64. The summed E-state index contributed by atoms with van der Waals surface area (Å²) in [5.41, 5.74) is 2.51. The van der Waals surface area contributed by atoms with Crippen LogP contribution in [0.2, 0.25) is 0 Å². The Kier molecular flexibility index (Phi) is 4.36. The number of halogens is 1. The topological polar surface area (TPSA) is 21.1 Å². The van der Waals surface area contributed by atoms with Crippen molar-refractivity contribution in [3.63, 3.8) is 0 Å². The Bertz CT molecular complexity index is 407. The molecule has 2 rings (SSSR count). The van der Waals surface area contributed by atoms with Gasteiger partial charge >= 0.3 is 0 Å². The minimum Gasteiger partial charge on any atom is -0.354 e. The molecule has 0 N–H and O–H groups in total. The van der Waals surface area contributed by atoms with Crippen molar-refractivity contribution in [2.45, 2.75) is 51.4 Å². The summed E-state index contributed by atoms with van der Waals surface area (Å²) in [6, 6.07) is 0.747. The fourth-order valence-electron chi connectivity index (χ4n) is 2.45. The van der Waals surface area contributed by atoms with Gasteiger partial charge in [-0.1, -0.05) is 29.8 Å². The Labute approximate surface area is 119 Å². The summed E-state index contributed by atoms with van der Waals surface area (Å²) < 4.78 is 2.06. The largest absolute Gasteiger partial charge is 0.354 e. The Morgan fingerprint density at radius 2 is 2.11 bits per heavy atom. The van der Waals surface area contributed by atoms with Crippen LogP contribution in [0.5, 0.6) is 0 Å². The molecule has 1 fully saturated rings. The van der Waals surface area contributed by atoms with Gasteiger partial charge in [0, 0.05) is 30.5 Å². The molecule has 1 aromatic heterocycles. The number of aryl methyl sites for hydroxylation is 2. The van der Waals surface area contributed by atoms with E-state index in [2.05, 4.69) is 58.4 Å². The fourth-order valence-corrected chi connectivity index (χ4v) is 3.11. The van der Waals surface area contributed by atoms with Crippen molar-refractivity contribution in [2.75, 3.05) is 11.4 Å². The van der Waals surface area contributed by atoms with Crippen LogP contribution in [0.4, 0.5) is 5.82 Å². The maximum Gasteiger partial charge on any atom is 0.131 e. The Balaban J connectivity index is 2.24. The molecule has 0 saturated heterocycles. The molecule has 0 amide bonds. The van der Waals surface area contributed by atoms with Gasteiger partial charge in [0.2, 0.25) is 0 Å². The van der Waals surface area contributed by atoms with E-state index in [-0.39, 0.29) is 0 Å². The molecule has 0 bridgehead atoms. The molecular weight excluding hydrogens is 290 g/mol. The number of anilines is 1. The van der Waals surface area contributed by atoms with Crippen LogP contribution in [0.1, 0.15) is 44.4 Å². The van der Waals surface area contributed by atoms with E-state index in [1.165, 1.54) is 30.6 Å². The summed E-state index contributed by atoms with van der Waals surface area (Å²) in [6.07, 6.45) is 3.93. The number of hydrogen-bond acceptors (Lipinski definition) is 2. The van der Waals surface area contributed by atoms with Gasteiger partial charge in [0.05, 0.1) is 5.69 Å². The fraction of sp³-hybridized carbons (Fsp3) is 0.786. The number of rotatable bonds is 6. The molecule has 4 heteroatoms. The van der Waals surface area contributed by atoms with Gasteiger partial charge in [0.1, 0.15) is 5.82 Å². The van der Waals surface area contributed by atoms with Gasteiger partial charge in [-0.3, -0.25) is 4.68 Å². The molecule has 0 aliphatic heterocycles. The van der Waals surface area contributed by atoms with Gasteiger partial charge in [-0.05, 0) is 32.1 Å². The van der Waals surface area contributed by atoms with Crippen molar-refractivity contribution < 1.29 is 0 Å². The number of nitrogens with zero attached hydrogens (tertiary/aromatic N) is 3. The van der Waals surface area contributed by atoms with Crippen molar-refractivity contribution in [1.82, 2.24) is 9.78 Å². The highest BCUT2D eigenvalue weighted by atomic mass is 79.9. The predicted molar refractivity (Wildman–Crippen MR) is 80.4 cm³/mol. The second kappa shape index (κ2) is 5.64. The molecule has 0 aromatic carbocycles. The first kappa shape index (κ1) is 13.9. The van der Waals surface area contributed by atoms with Crippen LogP contribution in [0.15, 0.2) is 0 Å². The molecule has 0 unspecified atom stereocenters. The summed E-state index contributed by atoms with van der Waals surface area (Å²) in [4.78, 5) is 2.58. The van der Waals surface area contributed by atoms with E-state index in [4.69, 9.17) is 0 Å². The maximum atomic E-state index is 4.59. The molecule has 18 heavy (non-hydrogen) atoms. The summed E-state index contributed by atoms with van der Waals surface area (Å²) in [7, 11) is 2.07. The van der Waals surface area contributed by atoms with E-state index in [1.807, 2.05) is 0 Å². The lowest BCUT2D eigenvalue weighted by Gasteiger charge is -2.26. The Hall–Kier alpha value is -0.510. The van der Waals surface area contributed by atoms with Gasteiger partial charge in [0.15, 0.2) is 0 Å². The third-order valence-corrected chi connectivity index (χ3v) is 4.21. The number of alkyl halides is 1. The first-order chi connectivity index (χ1) is 8.54. The first-order valence-electron chi connectivity index (χ1n) is 6.89. The third-order valence-electron chi connectivity index (χ3n) is 3.65. The quantitative estimate of drug-likeness (QED) is 0.748. The second-order valence-corrected chi connectivity index (χ2v) is 6.31. The molecule has 1 heterocycles. The highest BCUT2D eigenvalue weighted by Crippen LogP contribution is 2.35. The lowest BCUT2D eigenvalue weighted by molar-refractivity contribution is 0.561. The van der Waals surface area contributed by atoms with Crippen molar-refractivity contribution in [2.24, 2.45) is 13.0 Å². The second-order valence-electron chi connectivity index (χ2n) is 5.75. The molecule has 0 spiro atoms. The summed E-state index contributed by atoms with van der Waals surface area (Å²) in [6.45, 7) is 7.85. The standard InChI is InChI=1S/C14H24BrN3/c1-10(2)7-8-18(12-5-6-12)14-13(9-15)11(3)16-17(14)4/h10,12H,5-9H2,1-4H3. The minimum absolute atomic E-state index is 0.747. The van der Waals surface area contributed by atoms with Crippen molar-refractivity contribution in [3.8, 4) is 0 Å².